The third kappa shape index (κ3) is 12.2. The lowest BCUT2D eigenvalue weighted by atomic mass is 9.89. The van der Waals surface area contributed by atoms with Crippen LogP contribution >= 0.6 is 0 Å². The van der Waals surface area contributed by atoms with Gasteiger partial charge in [0.2, 0.25) is 6.79 Å². The number of rotatable bonds is 16. The zero-order chi connectivity index (χ0) is 41.0. The summed E-state index contributed by atoms with van der Waals surface area (Å²) in [5.41, 5.74) is 0.936. The van der Waals surface area contributed by atoms with Crippen LogP contribution in [0, 0.1) is 22.6 Å². The van der Waals surface area contributed by atoms with Crippen LogP contribution < -0.4 is 19.5 Å². The molecule has 0 radical (unpaired) electrons. The molecule has 2 heterocycles. The van der Waals surface area contributed by atoms with E-state index in [2.05, 4.69) is 25.4 Å². The number of hydrogen-bond donors (Lipinski definition) is 2. The van der Waals surface area contributed by atoms with E-state index < -0.39 is 30.6 Å². The van der Waals surface area contributed by atoms with Crippen molar-refractivity contribution in [2.75, 3.05) is 33.7 Å². The first-order valence-corrected chi connectivity index (χ1v) is 18.6. The number of alkyl carbamates (subject to hydrolysis) is 1. The molecule has 0 saturated heterocycles. The van der Waals surface area contributed by atoms with Gasteiger partial charge in [-0.1, -0.05) is 64.3 Å². The first-order chi connectivity index (χ1) is 27.3. The van der Waals surface area contributed by atoms with Crippen LogP contribution in [-0.4, -0.2) is 82.3 Å². The monoisotopic (exact) mass is 789 g/mol. The first kappa shape index (κ1) is 42.0. The molecule has 2 aromatic carbocycles. The van der Waals surface area contributed by atoms with Crippen molar-refractivity contribution in [2.24, 2.45) is 11.3 Å². The van der Waals surface area contributed by atoms with E-state index in [1.54, 1.807) is 30.3 Å². The Labute approximate surface area is 329 Å². The minimum atomic E-state index is -0.927. The molecule has 2 N–H and O–H groups in total. The highest BCUT2D eigenvalue weighted by Crippen LogP contribution is 2.37. The summed E-state index contributed by atoms with van der Waals surface area (Å²) in [6, 6.07) is 11.1. The van der Waals surface area contributed by atoms with Crippen LogP contribution in [-0.2, 0) is 30.2 Å². The number of nitrogens with zero attached hydrogens (tertiary/aromatic N) is 5. The minimum Gasteiger partial charge on any atom is -0.497 e. The average molecular weight is 790 g/mol. The number of hydrogen-bond acceptors (Lipinski definition) is 14. The Morgan fingerprint density at radius 1 is 0.982 bits per heavy atom. The van der Waals surface area contributed by atoms with Gasteiger partial charge in [-0.3, -0.25) is 20.3 Å². The Balaban J connectivity index is 1.48. The van der Waals surface area contributed by atoms with Crippen LogP contribution in [0.25, 0.3) is 5.95 Å². The van der Waals surface area contributed by atoms with Crippen LogP contribution in [0.5, 0.6) is 17.5 Å². The van der Waals surface area contributed by atoms with Gasteiger partial charge in [0.05, 0.1) is 25.6 Å². The van der Waals surface area contributed by atoms with Crippen molar-refractivity contribution < 1.29 is 47.2 Å². The van der Waals surface area contributed by atoms with E-state index >= 15 is 4.39 Å². The number of nitrogens with one attached hydrogen (secondary N) is 2. The van der Waals surface area contributed by atoms with E-state index in [0.29, 0.717) is 11.1 Å². The maximum absolute atomic E-state index is 16.6. The van der Waals surface area contributed by atoms with Gasteiger partial charge in [-0.2, -0.15) is 4.98 Å². The SMILES string of the molecule is COc1cc(OCCOC(C)=O)c(F)c([C@@H](Cc2ccc(C(=N)NC(=O)OCC(C)(C)C)cc2)c2nc(OCOC(=O)C3CCCCC3)n(-c3ncccn3)n2)c1. The van der Waals surface area contributed by atoms with E-state index in [1.807, 2.05) is 20.8 Å². The summed E-state index contributed by atoms with van der Waals surface area (Å²) in [5.74, 6) is -2.60. The molecule has 304 valence electrons. The highest BCUT2D eigenvalue weighted by molar-refractivity contribution is 6.04. The zero-order valence-corrected chi connectivity index (χ0v) is 32.7. The molecule has 5 rings (SSSR count). The van der Waals surface area contributed by atoms with E-state index in [1.165, 1.54) is 43.2 Å². The van der Waals surface area contributed by atoms with Gasteiger partial charge in [0.1, 0.15) is 24.8 Å². The van der Waals surface area contributed by atoms with Gasteiger partial charge in [0.25, 0.3) is 5.95 Å². The first-order valence-electron chi connectivity index (χ1n) is 18.6. The number of benzene rings is 2. The molecule has 0 aliphatic heterocycles. The number of amidine groups is 1. The van der Waals surface area contributed by atoms with Crippen LogP contribution in [0.1, 0.15) is 88.2 Å². The number of amides is 1. The maximum atomic E-state index is 16.6. The summed E-state index contributed by atoms with van der Waals surface area (Å²) in [6.45, 7) is 6.51. The van der Waals surface area contributed by atoms with Crippen LogP contribution in [0.15, 0.2) is 54.9 Å². The summed E-state index contributed by atoms with van der Waals surface area (Å²) >= 11 is 0. The Bertz CT molecular complexity index is 2000. The minimum absolute atomic E-state index is 0.0918. The molecule has 1 aliphatic rings. The average Bonchev–Trinajstić information content (AvgIpc) is 3.62. The van der Waals surface area contributed by atoms with Crippen LogP contribution in [0.3, 0.4) is 0 Å². The molecule has 1 saturated carbocycles. The summed E-state index contributed by atoms with van der Waals surface area (Å²) < 4.78 is 50.6. The predicted octanol–water partition coefficient (Wildman–Crippen LogP) is 6.08. The predicted molar refractivity (Wildman–Crippen MR) is 203 cm³/mol. The second-order valence-corrected chi connectivity index (χ2v) is 14.6. The largest absolute Gasteiger partial charge is 0.497 e. The molecule has 0 unspecified atom stereocenters. The van der Waals surface area contributed by atoms with Crippen molar-refractivity contribution in [3.05, 3.63) is 83.2 Å². The van der Waals surface area contributed by atoms with Crippen molar-refractivity contribution in [3.8, 4) is 23.5 Å². The molecule has 1 amide bonds. The number of ether oxygens (including phenoxy) is 6. The van der Waals surface area contributed by atoms with Crippen molar-refractivity contribution in [1.29, 1.82) is 5.41 Å². The molecule has 1 fully saturated rings. The van der Waals surface area contributed by atoms with Gasteiger partial charge in [0.15, 0.2) is 17.4 Å². The third-order valence-electron chi connectivity index (χ3n) is 8.82. The normalized spacial score (nSPS) is 13.6. The number of esters is 2. The van der Waals surface area contributed by atoms with Gasteiger partial charge >= 0.3 is 24.0 Å². The fourth-order valence-corrected chi connectivity index (χ4v) is 5.96. The highest BCUT2D eigenvalue weighted by atomic mass is 19.1. The second kappa shape index (κ2) is 19.6. The highest BCUT2D eigenvalue weighted by Gasteiger charge is 2.30. The number of aromatic nitrogens is 5. The molecule has 4 aromatic rings. The summed E-state index contributed by atoms with van der Waals surface area (Å²) in [4.78, 5) is 49.6. The second-order valence-electron chi connectivity index (χ2n) is 14.6. The molecule has 2 aromatic heterocycles. The van der Waals surface area contributed by atoms with Gasteiger partial charge in [0, 0.05) is 36.5 Å². The van der Waals surface area contributed by atoms with Gasteiger partial charge < -0.3 is 28.4 Å². The molecular formula is C40H48FN7O9. The topological polar surface area (TPSA) is 199 Å². The molecule has 57 heavy (non-hydrogen) atoms. The molecule has 1 aliphatic carbocycles. The Morgan fingerprint density at radius 3 is 2.37 bits per heavy atom. The van der Waals surface area contributed by atoms with Crippen molar-refractivity contribution in [3.63, 3.8) is 0 Å². The van der Waals surface area contributed by atoms with Crippen LogP contribution in [0.4, 0.5) is 9.18 Å². The smallest absolute Gasteiger partial charge is 0.412 e. The van der Waals surface area contributed by atoms with Crippen molar-refractivity contribution in [1.82, 2.24) is 30.0 Å². The number of carbonyl (C=O) groups excluding carboxylic acids is 3. The Hall–Kier alpha value is -6.13. The van der Waals surface area contributed by atoms with Crippen molar-refractivity contribution in [2.45, 2.75) is 72.1 Å². The quantitative estimate of drug-likeness (QED) is 0.0331. The van der Waals surface area contributed by atoms with Gasteiger partial charge in [-0.15, -0.1) is 9.78 Å². The number of halogens is 1. The molecule has 16 nitrogen and oxygen atoms in total. The maximum Gasteiger partial charge on any atom is 0.412 e. The van der Waals surface area contributed by atoms with Gasteiger partial charge in [-0.05, 0) is 42.4 Å². The standard InChI is InChI=1S/C40H48FN7O9/c1-25(49)53-18-19-54-32-22-29(52-5)21-30(33(32)41)31(20-26-12-14-27(15-13-26)34(42)45-39(51)55-23-40(2,3)4)35-46-38(48(47-35)37-43-16-9-17-44-37)57-24-56-36(50)28-10-7-6-8-11-28/h9,12-17,21-22,28,31H,6-8,10-11,18-20,23-24H2,1-5H3,(H2,42,45,51)/t31-/m1/s1. The van der Waals surface area contributed by atoms with E-state index in [4.69, 9.17) is 33.8 Å². The van der Waals surface area contributed by atoms with Crippen LogP contribution in [0.2, 0.25) is 0 Å². The number of methoxy groups -OCH3 is 1. The summed E-state index contributed by atoms with van der Waals surface area (Å²) in [5, 5.41) is 15.5. The fourth-order valence-electron chi connectivity index (χ4n) is 5.96. The lowest BCUT2D eigenvalue weighted by Crippen LogP contribution is -2.33. The molecule has 0 spiro atoms. The third-order valence-corrected chi connectivity index (χ3v) is 8.82. The Kier molecular flexibility index (Phi) is 14.5. The molecule has 17 heteroatoms. The summed E-state index contributed by atoms with van der Waals surface area (Å²) in [6.07, 6.45) is 6.89. The van der Waals surface area contributed by atoms with E-state index in [-0.39, 0.29) is 84.2 Å². The zero-order valence-electron chi connectivity index (χ0n) is 32.7. The van der Waals surface area contributed by atoms with Gasteiger partial charge in [-0.25, -0.2) is 19.2 Å². The summed E-state index contributed by atoms with van der Waals surface area (Å²) in [7, 11) is 1.43. The Morgan fingerprint density at radius 2 is 1.70 bits per heavy atom. The lowest BCUT2D eigenvalue weighted by molar-refractivity contribution is -0.156. The lowest BCUT2D eigenvalue weighted by Gasteiger charge is -2.19. The van der Waals surface area contributed by atoms with E-state index in [9.17, 15) is 14.4 Å². The molecule has 1 atom stereocenters. The molecule has 0 bridgehead atoms. The fraction of sp³-hybridized carbons (Fsp3) is 0.450. The number of carbonyl (C=O) groups is 3. The van der Waals surface area contributed by atoms with E-state index in [0.717, 1.165) is 32.1 Å². The molecular weight excluding hydrogens is 741 g/mol. The van der Waals surface area contributed by atoms with Crippen molar-refractivity contribution >= 4 is 23.9 Å².